The van der Waals surface area contributed by atoms with Crippen LogP contribution in [0, 0.1) is 0 Å². The fraction of sp³-hybridized carbons (Fsp3) is 0.424. The van der Waals surface area contributed by atoms with Crippen LogP contribution in [0.4, 0.5) is 5.69 Å². The second-order valence-electron chi connectivity index (χ2n) is 10.8. The number of hydrogen-bond donors (Lipinski definition) is 1. The highest BCUT2D eigenvalue weighted by Gasteiger charge is 2.32. The maximum Gasteiger partial charge on any atom is 0.258 e. The van der Waals surface area contributed by atoms with Gasteiger partial charge in [0, 0.05) is 36.5 Å². The SMILES string of the molecule is CCC(C(=O)NC1CCCCC1)N(CCc1ccccc1)C(=O)CCCN1C(=O)c2cccc3cccc1c23. The van der Waals surface area contributed by atoms with Gasteiger partial charge in [0.05, 0.1) is 5.69 Å². The number of nitrogens with zero attached hydrogens (tertiary/aromatic N) is 2. The fourth-order valence-corrected chi connectivity index (χ4v) is 6.17. The highest BCUT2D eigenvalue weighted by atomic mass is 16.2. The van der Waals surface area contributed by atoms with Crippen LogP contribution in [0.3, 0.4) is 0 Å². The topological polar surface area (TPSA) is 69.7 Å². The zero-order chi connectivity index (χ0) is 27.2. The molecule has 0 aromatic heterocycles. The molecule has 0 saturated heterocycles. The molecule has 0 spiro atoms. The van der Waals surface area contributed by atoms with E-state index in [4.69, 9.17) is 0 Å². The molecule has 1 fully saturated rings. The van der Waals surface area contributed by atoms with E-state index in [0.29, 0.717) is 32.4 Å². The summed E-state index contributed by atoms with van der Waals surface area (Å²) in [6.07, 6.45) is 7.64. The molecule has 1 N–H and O–H groups in total. The van der Waals surface area contributed by atoms with E-state index in [1.165, 1.54) is 6.42 Å². The van der Waals surface area contributed by atoms with Crippen LogP contribution < -0.4 is 10.2 Å². The van der Waals surface area contributed by atoms with Gasteiger partial charge in [-0.2, -0.15) is 0 Å². The first kappa shape index (κ1) is 26.9. The molecule has 6 nitrogen and oxygen atoms in total. The van der Waals surface area contributed by atoms with E-state index < -0.39 is 6.04 Å². The Morgan fingerprint density at radius 2 is 1.72 bits per heavy atom. The second kappa shape index (κ2) is 12.5. The minimum absolute atomic E-state index is 0.00604. The quantitative estimate of drug-likeness (QED) is 0.340. The van der Waals surface area contributed by atoms with Crippen molar-refractivity contribution in [3.8, 4) is 0 Å². The van der Waals surface area contributed by atoms with Crippen molar-refractivity contribution in [3.05, 3.63) is 77.9 Å². The molecule has 1 aliphatic heterocycles. The van der Waals surface area contributed by atoms with Crippen molar-refractivity contribution in [2.24, 2.45) is 0 Å². The molecule has 3 amide bonds. The predicted octanol–water partition coefficient (Wildman–Crippen LogP) is 5.88. The third-order valence-electron chi connectivity index (χ3n) is 8.24. The van der Waals surface area contributed by atoms with E-state index in [0.717, 1.165) is 53.3 Å². The van der Waals surface area contributed by atoms with Crippen molar-refractivity contribution in [1.82, 2.24) is 10.2 Å². The van der Waals surface area contributed by atoms with Crippen LogP contribution in [0.1, 0.15) is 74.2 Å². The Labute approximate surface area is 231 Å². The van der Waals surface area contributed by atoms with Gasteiger partial charge in [-0.25, -0.2) is 0 Å². The largest absolute Gasteiger partial charge is 0.352 e. The number of anilines is 1. The van der Waals surface area contributed by atoms with E-state index in [9.17, 15) is 14.4 Å². The Kier molecular flexibility index (Phi) is 8.60. The molecule has 5 rings (SSSR count). The molecular formula is C33H39N3O3. The lowest BCUT2D eigenvalue weighted by molar-refractivity contribution is -0.141. The van der Waals surface area contributed by atoms with E-state index in [1.807, 2.05) is 61.5 Å². The summed E-state index contributed by atoms with van der Waals surface area (Å²) in [5.74, 6) is -0.0740. The first-order valence-electron chi connectivity index (χ1n) is 14.5. The molecule has 3 aromatic rings. The molecule has 2 aliphatic rings. The first-order chi connectivity index (χ1) is 19.1. The van der Waals surface area contributed by atoms with Gasteiger partial charge in [0.2, 0.25) is 11.8 Å². The molecule has 1 atom stereocenters. The molecule has 1 saturated carbocycles. The van der Waals surface area contributed by atoms with Crippen molar-refractivity contribution in [3.63, 3.8) is 0 Å². The van der Waals surface area contributed by atoms with Gasteiger partial charge in [0.25, 0.3) is 5.91 Å². The van der Waals surface area contributed by atoms with Crippen molar-refractivity contribution in [1.29, 1.82) is 0 Å². The van der Waals surface area contributed by atoms with Gasteiger partial charge in [0.1, 0.15) is 6.04 Å². The number of benzene rings is 3. The van der Waals surface area contributed by atoms with Gasteiger partial charge in [-0.15, -0.1) is 0 Å². The van der Waals surface area contributed by atoms with Gasteiger partial charge < -0.3 is 15.1 Å². The van der Waals surface area contributed by atoms with Crippen LogP contribution in [0.2, 0.25) is 0 Å². The Morgan fingerprint density at radius 3 is 2.46 bits per heavy atom. The lowest BCUT2D eigenvalue weighted by Gasteiger charge is -2.33. The van der Waals surface area contributed by atoms with Crippen LogP contribution in [0.15, 0.2) is 66.7 Å². The number of amides is 3. The highest BCUT2D eigenvalue weighted by Crippen LogP contribution is 2.37. The average Bonchev–Trinajstić information content (AvgIpc) is 3.24. The molecule has 204 valence electrons. The summed E-state index contributed by atoms with van der Waals surface area (Å²) < 4.78 is 0. The van der Waals surface area contributed by atoms with Crippen LogP contribution in [-0.4, -0.2) is 47.8 Å². The predicted molar refractivity (Wildman–Crippen MR) is 156 cm³/mol. The Hall–Kier alpha value is -3.67. The van der Waals surface area contributed by atoms with Crippen LogP contribution in [0.25, 0.3) is 10.8 Å². The van der Waals surface area contributed by atoms with Crippen LogP contribution in [0.5, 0.6) is 0 Å². The van der Waals surface area contributed by atoms with Gasteiger partial charge in [-0.3, -0.25) is 14.4 Å². The third-order valence-corrected chi connectivity index (χ3v) is 8.24. The zero-order valence-electron chi connectivity index (χ0n) is 22.9. The summed E-state index contributed by atoms with van der Waals surface area (Å²) in [7, 11) is 0. The second-order valence-corrected chi connectivity index (χ2v) is 10.8. The smallest absolute Gasteiger partial charge is 0.258 e. The fourth-order valence-electron chi connectivity index (χ4n) is 6.17. The number of nitrogens with one attached hydrogen (secondary N) is 1. The van der Waals surface area contributed by atoms with E-state index >= 15 is 0 Å². The summed E-state index contributed by atoms with van der Waals surface area (Å²) in [5, 5.41) is 5.29. The lowest BCUT2D eigenvalue weighted by Crippen LogP contribution is -2.52. The zero-order valence-corrected chi connectivity index (χ0v) is 22.9. The van der Waals surface area contributed by atoms with Crippen molar-refractivity contribution in [2.45, 2.75) is 76.8 Å². The van der Waals surface area contributed by atoms with Crippen LogP contribution >= 0.6 is 0 Å². The van der Waals surface area contributed by atoms with E-state index in [2.05, 4.69) is 17.4 Å². The Balaban J connectivity index is 1.26. The molecule has 3 aromatic carbocycles. The molecule has 0 bridgehead atoms. The molecule has 39 heavy (non-hydrogen) atoms. The molecular weight excluding hydrogens is 486 g/mol. The molecule has 1 aliphatic carbocycles. The minimum Gasteiger partial charge on any atom is -0.352 e. The Morgan fingerprint density at radius 1 is 0.974 bits per heavy atom. The number of hydrogen-bond acceptors (Lipinski definition) is 3. The summed E-state index contributed by atoms with van der Waals surface area (Å²) in [6.45, 7) is 2.94. The average molecular weight is 526 g/mol. The Bertz CT molecular complexity index is 1310. The summed E-state index contributed by atoms with van der Waals surface area (Å²) >= 11 is 0. The normalized spacial score (nSPS) is 15.9. The monoisotopic (exact) mass is 525 g/mol. The summed E-state index contributed by atoms with van der Waals surface area (Å²) in [4.78, 5) is 43.8. The van der Waals surface area contributed by atoms with Gasteiger partial charge >= 0.3 is 0 Å². The molecule has 0 radical (unpaired) electrons. The van der Waals surface area contributed by atoms with Crippen molar-refractivity contribution < 1.29 is 14.4 Å². The van der Waals surface area contributed by atoms with Crippen LogP contribution in [-0.2, 0) is 16.0 Å². The third kappa shape index (κ3) is 6.00. The summed E-state index contributed by atoms with van der Waals surface area (Å²) in [6, 6.07) is 21.6. The minimum atomic E-state index is -0.491. The van der Waals surface area contributed by atoms with E-state index in [1.54, 1.807) is 9.80 Å². The maximum atomic E-state index is 13.7. The highest BCUT2D eigenvalue weighted by molar-refractivity contribution is 6.25. The number of carbonyl (C=O) groups excluding carboxylic acids is 3. The lowest BCUT2D eigenvalue weighted by atomic mass is 9.95. The molecule has 1 heterocycles. The summed E-state index contributed by atoms with van der Waals surface area (Å²) in [5.41, 5.74) is 2.79. The first-order valence-corrected chi connectivity index (χ1v) is 14.5. The van der Waals surface area contributed by atoms with Gasteiger partial charge in [-0.1, -0.05) is 80.8 Å². The van der Waals surface area contributed by atoms with Crippen molar-refractivity contribution >= 4 is 34.2 Å². The van der Waals surface area contributed by atoms with Gasteiger partial charge in [0.15, 0.2) is 0 Å². The standard InChI is InChI=1S/C33H39N3O3/c1-2-28(32(38)34-26-16-7-4-8-17-26)35(23-21-24-12-5-3-6-13-24)30(37)20-11-22-36-29-19-10-15-25-14-9-18-27(31(25)29)33(36)39/h3,5-6,9-10,12-15,18-19,26,28H,2,4,7-8,11,16-17,20-23H2,1H3,(H,34,38). The van der Waals surface area contributed by atoms with Crippen molar-refractivity contribution in [2.75, 3.05) is 18.0 Å². The number of carbonyl (C=O) groups is 3. The molecule has 1 unspecified atom stereocenters. The van der Waals surface area contributed by atoms with Gasteiger partial charge in [-0.05, 0) is 55.2 Å². The number of rotatable bonds is 11. The van der Waals surface area contributed by atoms with E-state index in [-0.39, 0.29) is 30.2 Å². The maximum absolute atomic E-state index is 13.7. The molecule has 6 heteroatoms.